The highest BCUT2D eigenvalue weighted by atomic mass is 35.5. The number of hydrogen-bond acceptors (Lipinski definition) is 4. The highest BCUT2D eigenvalue weighted by Crippen LogP contribution is 2.24. The summed E-state index contributed by atoms with van der Waals surface area (Å²) in [6.07, 6.45) is 1.83. The molecular formula is C32H40ClN3O4S. The lowest BCUT2D eigenvalue weighted by Crippen LogP contribution is -2.51. The second-order valence-electron chi connectivity index (χ2n) is 10.7. The van der Waals surface area contributed by atoms with Gasteiger partial charge in [0, 0.05) is 37.0 Å². The summed E-state index contributed by atoms with van der Waals surface area (Å²) in [7, 11) is -3.58. The van der Waals surface area contributed by atoms with Gasteiger partial charge >= 0.3 is 0 Å². The first kappa shape index (κ1) is 32.2. The van der Waals surface area contributed by atoms with Crippen molar-refractivity contribution in [3.63, 3.8) is 0 Å². The normalized spacial score (nSPS) is 12.2. The van der Waals surface area contributed by atoms with Gasteiger partial charge in [0.25, 0.3) is 0 Å². The van der Waals surface area contributed by atoms with Gasteiger partial charge in [0.1, 0.15) is 6.04 Å². The van der Waals surface area contributed by atoms with Gasteiger partial charge in [0.15, 0.2) is 0 Å². The van der Waals surface area contributed by atoms with Crippen LogP contribution in [0.5, 0.6) is 0 Å². The molecule has 0 radical (unpaired) electrons. The molecular weight excluding hydrogens is 558 g/mol. The first-order chi connectivity index (χ1) is 19.4. The lowest BCUT2D eigenvalue weighted by atomic mass is 10.0. The van der Waals surface area contributed by atoms with Gasteiger partial charge in [-0.2, -0.15) is 0 Å². The Morgan fingerprint density at radius 3 is 2.20 bits per heavy atom. The number of carbonyl (C=O) groups is 2. The number of hydrogen-bond donors (Lipinski definition) is 1. The number of halogens is 1. The summed E-state index contributed by atoms with van der Waals surface area (Å²) in [5.74, 6) is -0.504. The maximum atomic E-state index is 13.9. The molecule has 7 nitrogen and oxygen atoms in total. The van der Waals surface area contributed by atoms with E-state index in [1.807, 2.05) is 88.4 Å². The van der Waals surface area contributed by atoms with Gasteiger partial charge < -0.3 is 10.2 Å². The van der Waals surface area contributed by atoms with Crippen LogP contribution in [-0.2, 0) is 32.6 Å². The average Bonchev–Trinajstić information content (AvgIpc) is 2.90. The standard InChI is InChI=1S/C32H40ClN3O4S/c1-23(2)34-32(38)30(21-26-12-7-6-8-13-26)35(22-27-14-9-10-15-29(27)33)31(37)16-11-19-36(41(5,39)40)28-18-17-24(3)25(4)20-28/h6-10,12-15,17-18,20,23,30H,11,16,19,21-22H2,1-5H3,(H,34,38)/t30-/m0/s1. The Hall–Kier alpha value is -3.36. The zero-order valence-corrected chi connectivity index (χ0v) is 26.0. The Morgan fingerprint density at radius 1 is 0.927 bits per heavy atom. The van der Waals surface area contributed by atoms with Gasteiger partial charge in [-0.25, -0.2) is 8.42 Å². The minimum atomic E-state index is -3.58. The van der Waals surface area contributed by atoms with Crippen LogP contribution in [0, 0.1) is 13.8 Å². The van der Waals surface area contributed by atoms with E-state index in [-0.39, 0.29) is 43.8 Å². The van der Waals surface area contributed by atoms with E-state index >= 15 is 0 Å². The third-order valence-electron chi connectivity index (χ3n) is 6.93. The van der Waals surface area contributed by atoms with Crippen LogP contribution in [0.25, 0.3) is 0 Å². The van der Waals surface area contributed by atoms with Crippen LogP contribution in [0.1, 0.15) is 48.9 Å². The number of rotatable bonds is 13. The fourth-order valence-corrected chi connectivity index (χ4v) is 5.78. The summed E-state index contributed by atoms with van der Waals surface area (Å²) in [5, 5.41) is 3.48. The molecule has 3 rings (SSSR count). The molecule has 1 atom stereocenters. The fraction of sp³-hybridized carbons (Fsp3) is 0.375. The first-order valence-electron chi connectivity index (χ1n) is 13.8. The second-order valence-corrected chi connectivity index (χ2v) is 13.0. The number of benzene rings is 3. The molecule has 41 heavy (non-hydrogen) atoms. The van der Waals surface area contributed by atoms with Gasteiger partial charge in [0.2, 0.25) is 21.8 Å². The van der Waals surface area contributed by atoms with Crippen molar-refractivity contribution in [2.45, 2.75) is 65.6 Å². The molecule has 0 unspecified atom stereocenters. The van der Waals surface area contributed by atoms with Crippen LogP contribution < -0.4 is 9.62 Å². The number of carbonyl (C=O) groups excluding carboxylic acids is 2. The predicted molar refractivity (Wildman–Crippen MR) is 167 cm³/mol. The Morgan fingerprint density at radius 2 is 1.59 bits per heavy atom. The summed E-state index contributed by atoms with van der Waals surface area (Å²) in [6.45, 7) is 7.94. The maximum absolute atomic E-state index is 13.9. The van der Waals surface area contributed by atoms with Crippen molar-refractivity contribution < 1.29 is 18.0 Å². The summed E-state index contributed by atoms with van der Waals surface area (Å²) < 4.78 is 26.7. The van der Waals surface area contributed by atoms with E-state index in [4.69, 9.17) is 11.6 Å². The highest BCUT2D eigenvalue weighted by molar-refractivity contribution is 7.92. The SMILES string of the molecule is Cc1ccc(N(CCCC(=O)N(Cc2ccccc2Cl)[C@@H](Cc2ccccc2)C(=O)NC(C)C)S(C)(=O)=O)cc1C. The topological polar surface area (TPSA) is 86.8 Å². The van der Waals surface area contributed by atoms with Crippen molar-refractivity contribution in [3.8, 4) is 0 Å². The molecule has 0 saturated heterocycles. The van der Waals surface area contributed by atoms with Gasteiger partial charge in [0.05, 0.1) is 11.9 Å². The number of nitrogens with zero attached hydrogens (tertiary/aromatic N) is 2. The fourth-order valence-electron chi connectivity index (χ4n) is 4.63. The molecule has 9 heteroatoms. The van der Waals surface area contributed by atoms with E-state index in [1.165, 1.54) is 10.6 Å². The Kier molecular flexibility index (Phi) is 11.4. The molecule has 0 fully saturated rings. The van der Waals surface area contributed by atoms with Crippen molar-refractivity contribution >= 4 is 39.1 Å². The number of amides is 2. The Balaban J connectivity index is 1.89. The van der Waals surface area contributed by atoms with Crippen LogP contribution in [0.3, 0.4) is 0 Å². The molecule has 0 aliphatic carbocycles. The van der Waals surface area contributed by atoms with Crippen LogP contribution in [0.2, 0.25) is 5.02 Å². The number of sulfonamides is 1. The molecule has 3 aromatic rings. The quantitative estimate of drug-likeness (QED) is 0.275. The van der Waals surface area contributed by atoms with Crippen molar-refractivity contribution in [2.75, 3.05) is 17.1 Å². The van der Waals surface area contributed by atoms with Crippen molar-refractivity contribution in [1.82, 2.24) is 10.2 Å². The van der Waals surface area contributed by atoms with Crippen LogP contribution in [0.4, 0.5) is 5.69 Å². The van der Waals surface area contributed by atoms with E-state index in [9.17, 15) is 18.0 Å². The molecule has 0 bridgehead atoms. The summed E-state index contributed by atoms with van der Waals surface area (Å²) in [6, 6.07) is 21.4. The molecule has 0 aromatic heterocycles. The zero-order valence-electron chi connectivity index (χ0n) is 24.4. The Bertz CT molecular complexity index is 1440. The molecule has 0 saturated carbocycles. The third-order valence-corrected chi connectivity index (χ3v) is 8.49. The van der Waals surface area contributed by atoms with Crippen LogP contribution in [-0.4, -0.2) is 50.0 Å². The van der Waals surface area contributed by atoms with Gasteiger partial charge in [-0.1, -0.05) is 66.2 Å². The highest BCUT2D eigenvalue weighted by Gasteiger charge is 2.31. The van der Waals surface area contributed by atoms with E-state index in [1.54, 1.807) is 17.0 Å². The number of nitrogens with one attached hydrogen (secondary N) is 1. The molecule has 1 N–H and O–H groups in total. The predicted octanol–water partition coefficient (Wildman–Crippen LogP) is 5.67. The van der Waals surface area contributed by atoms with E-state index in [0.717, 1.165) is 22.3 Å². The van der Waals surface area contributed by atoms with Crippen molar-refractivity contribution in [2.24, 2.45) is 0 Å². The largest absolute Gasteiger partial charge is 0.352 e. The molecule has 220 valence electrons. The maximum Gasteiger partial charge on any atom is 0.243 e. The summed E-state index contributed by atoms with van der Waals surface area (Å²) in [4.78, 5) is 29.0. The molecule has 2 amide bonds. The third kappa shape index (κ3) is 9.33. The zero-order chi connectivity index (χ0) is 30.2. The second kappa shape index (κ2) is 14.5. The van der Waals surface area contributed by atoms with Gasteiger partial charge in [-0.05, 0) is 74.6 Å². The molecule has 0 heterocycles. The Labute approximate surface area is 249 Å². The van der Waals surface area contributed by atoms with E-state index in [0.29, 0.717) is 17.1 Å². The van der Waals surface area contributed by atoms with Gasteiger partial charge in [-0.15, -0.1) is 0 Å². The molecule has 0 spiro atoms. The summed E-state index contributed by atoms with van der Waals surface area (Å²) in [5.41, 5.74) is 4.26. The average molecular weight is 598 g/mol. The number of aryl methyl sites for hydroxylation is 2. The molecule has 0 aliphatic rings. The van der Waals surface area contributed by atoms with E-state index in [2.05, 4.69) is 5.32 Å². The van der Waals surface area contributed by atoms with Crippen molar-refractivity contribution in [3.05, 3.63) is 100 Å². The number of anilines is 1. The minimum absolute atomic E-state index is 0.0571. The minimum Gasteiger partial charge on any atom is -0.352 e. The lowest BCUT2D eigenvalue weighted by molar-refractivity contribution is -0.141. The van der Waals surface area contributed by atoms with Gasteiger partial charge in [-0.3, -0.25) is 13.9 Å². The summed E-state index contributed by atoms with van der Waals surface area (Å²) >= 11 is 6.48. The first-order valence-corrected chi connectivity index (χ1v) is 16.0. The van der Waals surface area contributed by atoms with E-state index < -0.39 is 16.1 Å². The molecule has 3 aromatic carbocycles. The van der Waals surface area contributed by atoms with Crippen molar-refractivity contribution in [1.29, 1.82) is 0 Å². The van der Waals surface area contributed by atoms with Crippen LogP contribution >= 0.6 is 11.6 Å². The van der Waals surface area contributed by atoms with Crippen LogP contribution in [0.15, 0.2) is 72.8 Å². The monoisotopic (exact) mass is 597 g/mol. The molecule has 0 aliphatic heterocycles. The smallest absolute Gasteiger partial charge is 0.243 e. The lowest BCUT2D eigenvalue weighted by Gasteiger charge is -2.32.